The summed E-state index contributed by atoms with van der Waals surface area (Å²) in [5.74, 6) is 1.41. The summed E-state index contributed by atoms with van der Waals surface area (Å²) in [6.45, 7) is 6.61. The fraction of sp³-hybridized carbons (Fsp3) is 0.588. The summed E-state index contributed by atoms with van der Waals surface area (Å²) in [5.41, 5.74) is 0.656. The van der Waals surface area contributed by atoms with Crippen LogP contribution in [0, 0.1) is 5.92 Å². The van der Waals surface area contributed by atoms with Crippen molar-refractivity contribution in [3.63, 3.8) is 0 Å². The Balaban J connectivity index is 0.00000264. The first-order valence-corrected chi connectivity index (χ1v) is 8.70. The van der Waals surface area contributed by atoms with Gasteiger partial charge in [-0.2, -0.15) is 0 Å². The average Bonchev–Trinajstić information content (AvgIpc) is 2.47. The van der Waals surface area contributed by atoms with E-state index in [1.165, 1.54) is 0 Å². The molecular weight excluding hydrogens is 380 g/mol. The van der Waals surface area contributed by atoms with Gasteiger partial charge in [-0.1, -0.05) is 15.9 Å². The van der Waals surface area contributed by atoms with Crippen LogP contribution in [0.15, 0.2) is 22.7 Å². The number of carbonyl (C=O) groups excluding carboxylic acids is 1. The minimum atomic E-state index is 0. The molecule has 130 valence electrons. The first-order valence-electron chi connectivity index (χ1n) is 7.91. The van der Waals surface area contributed by atoms with Crippen LogP contribution in [-0.2, 0) is 0 Å². The lowest BCUT2D eigenvalue weighted by atomic mass is 9.96. The molecule has 0 unspecified atom stereocenters. The van der Waals surface area contributed by atoms with E-state index >= 15 is 0 Å². The van der Waals surface area contributed by atoms with Gasteiger partial charge < -0.3 is 15.0 Å². The van der Waals surface area contributed by atoms with Crippen molar-refractivity contribution in [3.05, 3.63) is 28.2 Å². The summed E-state index contributed by atoms with van der Waals surface area (Å²) >= 11 is 3.44. The van der Waals surface area contributed by atoms with Crippen LogP contribution >= 0.6 is 28.3 Å². The smallest absolute Gasteiger partial charge is 0.257 e. The van der Waals surface area contributed by atoms with E-state index < -0.39 is 0 Å². The van der Waals surface area contributed by atoms with Crippen LogP contribution in [-0.4, -0.2) is 43.6 Å². The number of carbonyl (C=O) groups is 1. The third-order valence-corrected chi connectivity index (χ3v) is 4.42. The number of rotatable bonds is 5. The van der Waals surface area contributed by atoms with Gasteiger partial charge in [0.25, 0.3) is 5.91 Å². The molecule has 1 amide bonds. The van der Waals surface area contributed by atoms with Gasteiger partial charge in [-0.15, -0.1) is 12.4 Å². The zero-order chi connectivity index (χ0) is 16.1. The summed E-state index contributed by atoms with van der Waals surface area (Å²) in [6.07, 6.45) is 2.16. The molecule has 23 heavy (non-hydrogen) atoms. The second kappa shape index (κ2) is 9.50. The number of hydrogen-bond acceptors (Lipinski definition) is 3. The number of likely N-dealkylation sites (tertiary alicyclic amines) is 1. The standard InChI is InChI=1S/C17H25BrN2O2.ClH/c1-12(2)22-16-10-14(18)4-5-15(16)17(21)20-8-6-13(7-9-20)11-19-3;/h4-5,10,12-13,19H,6-9,11H2,1-3H3;1H. The molecule has 1 saturated heterocycles. The Morgan fingerprint density at radius 3 is 2.61 bits per heavy atom. The molecule has 1 aliphatic heterocycles. The van der Waals surface area contributed by atoms with Crippen molar-refractivity contribution >= 4 is 34.2 Å². The maximum atomic E-state index is 12.8. The summed E-state index contributed by atoms with van der Waals surface area (Å²) in [5, 5.41) is 3.22. The van der Waals surface area contributed by atoms with Crippen LogP contribution < -0.4 is 10.1 Å². The number of ether oxygens (including phenoxy) is 1. The molecule has 1 aromatic carbocycles. The van der Waals surface area contributed by atoms with Gasteiger partial charge in [0, 0.05) is 17.6 Å². The predicted molar refractivity (Wildman–Crippen MR) is 99.7 cm³/mol. The summed E-state index contributed by atoms with van der Waals surface area (Å²) in [4.78, 5) is 14.7. The molecule has 0 aliphatic carbocycles. The number of halogens is 2. The predicted octanol–water partition coefficient (Wildman–Crippen LogP) is 3.73. The monoisotopic (exact) mass is 404 g/mol. The van der Waals surface area contributed by atoms with E-state index in [-0.39, 0.29) is 24.4 Å². The van der Waals surface area contributed by atoms with Gasteiger partial charge in [0.2, 0.25) is 0 Å². The Kier molecular flexibility index (Phi) is 8.37. The first-order chi connectivity index (χ1) is 10.5. The molecule has 0 aromatic heterocycles. The minimum Gasteiger partial charge on any atom is -0.490 e. The third kappa shape index (κ3) is 5.66. The van der Waals surface area contributed by atoms with E-state index in [0.29, 0.717) is 17.2 Å². The van der Waals surface area contributed by atoms with Crippen molar-refractivity contribution in [2.45, 2.75) is 32.8 Å². The minimum absolute atomic E-state index is 0. The summed E-state index contributed by atoms with van der Waals surface area (Å²) in [7, 11) is 1.98. The van der Waals surface area contributed by atoms with Crippen LogP contribution in [0.5, 0.6) is 5.75 Å². The molecular formula is C17H26BrClN2O2. The largest absolute Gasteiger partial charge is 0.490 e. The highest BCUT2D eigenvalue weighted by Crippen LogP contribution is 2.27. The fourth-order valence-corrected chi connectivity index (χ4v) is 3.16. The van der Waals surface area contributed by atoms with Crippen LogP contribution in [0.2, 0.25) is 0 Å². The van der Waals surface area contributed by atoms with Crippen LogP contribution in [0.25, 0.3) is 0 Å². The van der Waals surface area contributed by atoms with Crippen molar-refractivity contribution in [2.75, 3.05) is 26.7 Å². The van der Waals surface area contributed by atoms with Gasteiger partial charge in [0.1, 0.15) is 5.75 Å². The Labute approximate surface area is 153 Å². The van der Waals surface area contributed by atoms with Crippen molar-refractivity contribution in [1.82, 2.24) is 10.2 Å². The Hall–Kier alpha value is -0.780. The quantitative estimate of drug-likeness (QED) is 0.811. The lowest BCUT2D eigenvalue weighted by Gasteiger charge is -2.32. The molecule has 0 saturated carbocycles. The highest BCUT2D eigenvalue weighted by Gasteiger charge is 2.25. The highest BCUT2D eigenvalue weighted by molar-refractivity contribution is 9.10. The fourth-order valence-electron chi connectivity index (χ4n) is 2.82. The molecule has 0 atom stereocenters. The average molecular weight is 406 g/mol. The van der Waals surface area contributed by atoms with Gasteiger partial charge >= 0.3 is 0 Å². The Morgan fingerprint density at radius 2 is 2.04 bits per heavy atom. The molecule has 1 heterocycles. The van der Waals surface area contributed by atoms with E-state index in [9.17, 15) is 4.79 Å². The molecule has 1 aliphatic rings. The number of nitrogens with zero attached hydrogens (tertiary/aromatic N) is 1. The van der Waals surface area contributed by atoms with Gasteiger partial charge in [-0.25, -0.2) is 0 Å². The molecule has 0 radical (unpaired) electrons. The second-order valence-corrected chi connectivity index (χ2v) is 7.02. The SMILES string of the molecule is CNCC1CCN(C(=O)c2ccc(Br)cc2OC(C)C)CC1.Cl. The van der Waals surface area contributed by atoms with E-state index in [1.54, 1.807) is 0 Å². The van der Waals surface area contributed by atoms with Gasteiger partial charge in [-0.05, 0) is 64.4 Å². The first kappa shape index (κ1) is 20.3. The number of piperidine rings is 1. The van der Waals surface area contributed by atoms with E-state index in [1.807, 2.05) is 44.0 Å². The van der Waals surface area contributed by atoms with E-state index in [4.69, 9.17) is 4.74 Å². The molecule has 6 heteroatoms. The number of benzene rings is 1. The van der Waals surface area contributed by atoms with Gasteiger partial charge in [0.15, 0.2) is 0 Å². The van der Waals surface area contributed by atoms with Crippen molar-refractivity contribution in [2.24, 2.45) is 5.92 Å². The molecule has 1 N–H and O–H groups in total. The van der Waals surface area contributed by atoms with Crippen molar-refractivity contribution in [1.29, 1.82) is 0 Å². The maximum Gasteiger partial charge on any atom is 0.257 e. The molecule has 2 rings (SSSR count). The second-order valence-electron chi connectivity index (χ2n) is 6.10. The van der Waals surface area contributed by atoms with E-state index in [0.717, 1.165) is 36.9 Å². The van der Waals surface area contributed by atoms with Gasteiger partial charge in [0.05, 0.1) is 11.7 Å². The molecule has 1 aromatic rings. The lowest BCUT2D eigenvalue weighted by Crippen LogP contribution is -2.40. The van der Waals surface area contributed by atoms with Crippen molar-refractivity contribution < 1.29 is 9.53 Å². The zero-order valence-electron chi connectivity index (χ0n) is 14.0. The highest BCUT2D eigenvalue weighted by atomic mass is 79.9. The topological polar surface area (TPSA) is 41.6 Å². The van der Waals surface area contributed by atoms with Crippen LogP contribution in [0.4, 0.5) is 0 Å². The maximum absolute atomic E-state index is 12.8. The van der Waals surface area contributed by atoms with E-state index in [2.05, 4.69) is 21.2 Å². The number of amides is 1. The summed E-state index contributed by atoms with van der Waals surface area (Å²) < 4.78 is 6.73. The van der Waals surface area contributed by atoms with Gasteiger partial charge in [-0.3, -0.25) is 4.79 Å². The molecule has 4 nitrogen and oxygen atoms in total. The Morgan fingerprint density at radius 1 is 1.39 bits per heavy atom. The molecule has 0 spiro atoms. The molecule has 0 bridgehead atoms. The zero-order valence-corrected chi connectivity index (χ0v) is 16.4. The third-order valence-electron chi connectivity index (χ3n) is 3.93. The number of nitrogens with one attached hydrogen (secondary N) is 1. The molecule has 1 fully saturated rings. The number of hydrogen-bond donors (Lipinski definition) is 1. The summed E-state index contributed by atoms with van der Waals surface area (Å²) in [6, 6.07) is 5.62. The van der Waals surface area contributed by atoms with Crippen LogP contribution in [0.1, 0.15) is 37.0 Å². The Bertz CT molecular complexity index is 517. The normalized spacial score (nSPS) is 15.4. The lowest BCUT2D eigenvalue weighted by molar-refractivity contribution is 0.0685. The van der Waals surface area contributed by atoms with Crippen molar-refractivity contribution in [3.8, 4) is 5.75 Å². The van der Waals surface area contributed by atoms with Crippen LogP contribution in [0.3, 0.4) is 0 Å².